The predicted molar refractivity (Wildman–Crippen MR) is 109 cm³/mol. The molecule has 1 aliphatic carbocycles. The fraction of sp³-hybridized carbons (Fsp3) is 0.435. The van der Waals surface area contributed by atoms with Gasteiger partial charge in [-0.3, -0.25) is 14.6 Å². The number of aromatic nitrogens is 1. The number of anilines is 1. The number of fused-ring (bicyclic) bond motifs is 1. The van der Waals surface area contributed by atoms with Gasteiger partial charge in [0.05, 0.1) is 22.6 Å². The molecule has 1 N–H and O–H groups in total. The predicted octanol–water partition coefficient (Wildman–Crippen LogP) is 3.10. The van der Waals surface area contributed by atoms with Gasteiger partial charge < -0.3 is 15.0 Å². The number of halogens is 1. The monoisotopic (exact) mass is 409 g/mol. The molecule has 1 aromatic carbocycles. The molecule has 2 aliphatic heterocycles. The number of hydrogen-bond acceptors (Lipinski definition) is 4. The Labute approximate surface area is 174 Å². The first-order valence-corrected chi connectivity index (χ1v) is 10.6. The molecule has 1 atom stereocenters. The van der Waals surface area contributed by atoms with Crippen molar-refractivity contribution in [2.45, 2.75) is 50.2 Å². The summed E-state index contributed by atoms with van der Waals surface area (Å²) in [5.41, 5.74) is 2.51. The fourth-order valence-corrected chi connectivity index (χ4v) is 4.35. The van der Waals surface area contributed by atoms with E-state index in [9.17, 15) is 14.0 Å². The van der Waals surface area contributed by atoms with Crippen molar-refractivity contribution in [3.63, 3.8) is 0 Å². The van der Waals surface area contributed by atoms with Crippen molar-refractivity contribution in [3.05, 3.63) is 59.2 Å². The van der Waals surface area contributed by atoms with E-state index in [-0.39, 0.29) is 23.7 Å². The summed E-state index contributed by atoms with van der Waals surface area (Å²) in [5, 5.41) is 3.08. The van der Waals surface area contributed by atoms with Crippen LogP contribution in [0.2, 0.25) is 0 Å². The van der Waals surface area contributed by atoms with Crippen LogP contribution in [0.1, 0.15) is 53.8 Å². The number of nitrogens with one attached hydrogen (secondary N) is 1. The Morgan fingerprint density at radius 3 is 2.63 bits per heavy atom. The maximum absolute atomic E-state index is 13.1. The van der Waals surface area contributed by atoms with Gasteiger partial charge in [0.15, 0.2) is 0 Å². The van der Waals surface area contributed by atoms with Crippen LogP contribution in [0.5, 0.6) is 0 Å². The molecule has 0 bridgehead atoms. The van der Waals surface area contributed by atoms with Crippen molar-refractivity contribution in [2.24, 2.45) is 0 Å². The Kier molecular flexibility index (Phi) is 4.77. The smallest absolute Gasteiger partial charge is 0.256 e. The minimum absolute atomic E-state index is 0.0220. The Morgan fingerprint density at radius 1 is 1.13 bits per heavy atom. The Hall–Kier alpha value is -2.80. The molecular weight excluding hydrogens is 385 g/mol. The molecule has 0 radical (unpaired) electrons. The fourth-order valence-electron chi connectivity index (χ4n) is 4.35. The average Bonchev–Trinajstić information content (AvgIpc) is 3.33. The molecule has 1 saturated carbocycles. The van der Waals surface area contributed by atoms with Crippen LogP contribution in [0.15, 0.2) is 36.4 Å². The molecule has 2 aromatic rings. The molecule has 5 rings (SSSR count). The molecule has 3 aliphatic rings. The summed E-state index contributed by atoms with van der Waals surface area (Å²) in [6.07, 6.45) is 4.63. The van der Waals surface area contributed by atoms with Crippen LogP contribution >= 0.6 is 0 Å². The molecule has 1 saturated heterocycles. The second kappa shape index (κ2) is 7.47. The van der Waals surface area contributed by atoms with Gasteiger partial charge in [0.1, 0.15) is 11.9 Å². The minimum atomic E-state index is -0.485. The van der Waals surface area contributed by atoms with E-state index < -0.39 is 5.54 Å². The standard InChI is InChI=1S/C23H24FN3O3/c24-16-7-5-15(6-8-16)21(28)26-23(11-12-23)20-10-9-18-17(25-20)3-1-13-27(18)22(29)19-4-2-14-30-19/h5-10,19H,1-4,11-14H2,(H,26,28)/t19-/m1/s1. The highest BCUT2D eigenvalue weighted by Gasteiger charge is 2.47. The van der Waals surface area contributed by atoms with Crippen LogP contribution in [0.3, 0.4) is 0 Å². The number of carbonyl (C=O) groups excluding carboxylic acids is 2. The molecule has 156 valence electrons. The third kappa shape index (κ3) is 3.47. The third-order valence-electron chi connectivity index (χ3n) is 6.21. The number of carbonyl (C=O) groups is 2. The molecular formula is C23H24FN3O3. The lowest BCUT2D eigenvalue weighted by atomic mass is 10.0. The maximum Gasteiger partial charge on any atom is 0.256 e. The number of nitrogens with zero attached hydrogens (tertiary/aromatic N) is 2. The summed E-state index contributed by atoms with van der Waals surface area (Å²) in [6, 6.07) is 9.40. The second-order valence-electron chi connectivity index (χ2n) is 8.30. The van der Waals surface area contributed by atoms with E-state index in [0.717, 1.165) is 55.6 Å². The highest BCUT2D eigenvalue weighted by Crippen LogP contribution is 2.46. The first-order chi connectivity index (χ1) is 14.6. The number of aryl methyl sites for hydroxylation is 1. The van der Waals surface area contributed by atoms with Crippen molar-refractivity contribution in [1.82, 2.24) is 10.3 Å². The Bertz CT molecular complexity index is 982. The van der Waals surface area contributed by atoms with Crippen LogP contribution in [-0.4, -0.2) is 36.1 Å². The molecule has 2 amide bonds. The summed E-state index contributed by atoms with van der Waals surface area (Å²) in [4.78, 5) is 32.2. The molecule has 6 nitrogen and oxygen atoms in total. The van der Waals surface area contributed by atoms with Crippen molar-refractivity contribution in [1.29, 1.82) is 0 Å². The molecule has 2 fully saturated rings. The van der Waals surface area contributed by atoms with E-state index in [1.807, 2.05) is 17.0 Å². The molecule has 0 unspecified atom stereocenters. The second-order valence-corrected chi connectivity index (χ2v) is 8.30. The summed E-state index contributed by atoms with van der Waals surface area (Å²) < 4.78 is 18.7. The Morgan fingerprint density at radius 2 is 1.93 bits per heavy atom. The number of ether oxygens (including phenoxy) is 1. The van der Waals surface area contributed by atoms with Gasteiger partial charge in [-0.1, -0.05) is 0 Å². The van der Waals surface area contributed by atoms with Gasteiger partial charge in [-0.25, -0.2) is 4.39 Å². The van der Waals surface area contributed by atoms with Crippen molar-refractivity contribution in [2.75, 3.05) is 18.1 Å². The summed E-state index contributed by atoms with van der Waals surface area (Å²) in [7, 11) is 0. The van der Waals surface area contributed by atoms with E-state index >= 15 is 0 Å². The van der Waals surface area contributed by atoms with Gasteiger partial charge in [0.25, 0.3) is 11.8 Å². The van der Waals surface area contributed by atoms with Gasteiger partial charge in [0.2, 0.25) is 0 Å². The minimum Gasteiger partial charge on any atom is -0.368 e. The topological polar surface area (TPSA) is 71.5 Å². The number of hydrogen-bond donors (Lipinski definition) is 1. The molecule has 0 spiro atoms. The van der Waals surface area contributed by atoms with E-state index in [4.69, 9.17) is 9.72 Å². The number of pyridine rings is 1. The highest BCUT2D eigenvalue weighted by atomic mass is 19.1. The zero-order chi connectivity index (χ0) is 20.7. The first kappa shape index (κ1) is 19.2. The van der Waals surface area contributed by atoms with E-state index in [1.54, 1.807) is 0 Å². The lowest BCUT2D eigenvalue weighted by Crippen LogP contribution is -2.42. The van der Waals surface area contributed by atoms with Crippen LogP contribution in [-0.2, 0) is 21.5 Å². The van der Waals surface area contributed by atoms with Gasteiger partial charge in [-0.05, 0) is 74.9 Å². The highest BCUT2D eigenvalue weighted by molar-refractivity contribution is 5.97. The maximum atomic E-state index is 13.1. The van der Waals surface area contributed by atoms with Crippen molar-refractivity contribution in [3.8, 4) is 0 Å². The summed E-state index contributed by atoms with van der Waals surface area (Å²) >= 11 is 0. The van der Waals surface area contributed by atoms with Gasteiger partial charge in [0, 0.05) is 18.7 Å². The van der Waals surface area contributed by atoms with Crippen molar-refractivity contribution >= 4 is 17.5 Å². The molecule has 3 heterocycles. The number of amides is 2. The largest absolute Gasteiger partial charge is 0.368 e. The van der Waals surface area contributed by atoms with E-state index in [0.29, 0.717) is 18.7 Å². The van der Waals surface area contributed by atoms with Crippen LogP contribution < -0.4 is 10.2 Å². The Balaban J connectivity index is 1.36. The first-order valence-electron chi connectivity index (χ1n) is 10.6. The zero-order valence-corrected chi connectivity index (χ0v) is 16.7. The van der Waals surface area contributed by atoms with Crippen LogP contribution in [0, 0.1) is 5.82 Å². The summed E-state index contributed by atoms with van der Waals surface area (Å²) in [6.45, 7) is 1.32. The van der Waals surface area contributed by atoms with Gasteiger partial charge >= 0.3 is 0 Å². The SMILES string of the molecule is O=C(NC1(c2ccc3c(n2)CCCN3C(=O)[C@H]2CCCO2)CC1)c1ccc(F)cc1. The van der Waals surface area contributed by atoms with Crippen LogP contribution in [0.25, 0.3) is 0 Å². The lowest BCUT2D eigenvalue weighted by molar-refractivity contribution is -0.127. The van der Waals surface area contributed by atoms with Gasteiger partial charge in [-0.15, -0.1) is 0 Å². The quantitative estimate of drug-likeness (QED) is 0.842. The van der Waals surface area contributed by atoms with E-state index in [2.05, 4.69) is 5.32 Å². The molecule has 7 heteroatoms. The zero-order valence-electron chi connectivity index (χ0n) is 16.7. The van der Waals surface area contributed by atoms with E-state index in [1.165, 1.54) is 24.3 Å². The summed E-state index contributed by atoms with van der Waals surface area (Å²) in [5.74, 6) is -0.581. The van der Waals surface area contributed by atoms with Crippen LogP contribution in [0.4, 0.5) is 10.1 Å². The number of benzene rings is 1. The molecule has 30 heavy (non-hydrogen) atoms. The lowest BCUT2D eigenvalue weighted by Gasteiger charge is -2.31. The normalized spacial score (nSPS) is 21.8. The average molecular weight is 409 g/mol. The third-order valence-corrected chi connectivity index (χ3v) is 6.21. The number of rotatable bonds is 4. The van der Waals surface area contributed by atoms with Crippen molar-refractivity contribution < 1.29 is 18.7 Å². The van der Waals surface area contributed by atoms with Gasteiger partial charge in [-0.2, -0.15) is 0 Å². The molecule has 1 aromatic heterocycles.